The van der Waals surface area contributed by atoms with E-state index in [-0.39, 0.29) is 5.43 Å². The predicted molar refractivity (Wildman–Crippen MR) is 220 cm³/mol. The van der Waals surface area contributed by atoms with E-state index in [1.54, 1.807) is 0 Å². The van der Waals surface area contributed by atoms with Gasteiger partial charge in [0.1, 0.15) is 11.2 Å². The van der Waals surface area contributed by atoms with Crippen molar-refractivity contribution < 1.29 is 4.42 Å². The summed E-state index contributed by atoms with van der Waals surface area (Å²) in [5.74, 6) is 0. The van der Waals surface area contributed by atoms with E-state index in [2.05, 4.69) is 149 Å². The molecule has 8 aromatic carbocycles. The lowest BCUT2D eigenvalue weighted by molar-refractivity contribution is 0.660. The first-order valence-corrected chi connectivity index (χ1v) is 17.9. The highest BCUT2D eigenvalue weighted by atomic mass is 16.3. The van der Waals surface area contributed by atoms with Gasteiger partial charge in [-0.2, -0.15) is 0 Å². The molecule has 0 unspecified atom stereocenters. The largest absolute Gasteiger partial charge is 0.456 e. The Hall–Kier alpha value is -7.17. The van der Waals surface area contributed by atoms with E-state index in [1.165, 1.54) is 43.7 Å². The third-order valence-corrected chi connectivity index (χ3v) is 10.7. The van der Waals surface area contributed by atoms with Gasteiger partial charge in [-0.3, -0.25) is 4.79 Å². The van der Waals surface area contributed by atoms with Crippen molar-refractivity contribution in [2.45, 2.75) is 0 Å². The van der Waals surface area contributed by atoms with Crippen LogP contribution in [0.5, 0.6) is 0 Å². The van der Waals surface area contributed by atoms with Crippen molar-refractivity contribution in [1.82, 2.24) is 9.13 Å². The summed E-state index contributed by atoms with van der Waals surface area (Å²) in [5.41, 5.74) is 12.6. The number of aromatic nitrogens is 2. The molecule has 3 aromatic heterocycles. The van der Waals surface area contributed by atoms with E-state index in [0.29, 0.717) is 21.9 Å². The first-order valence-electron chi connectivity index (χ1n) is 17.9. The zero-order valence-corrected chi connectivity index (χ0v) is 28.5. The predicted octanol–water partition coefficient (Wildman–Crippen LogP) is 12.5. The van der Waals surface area contributed by atoms with Crippen molar-refractivity contribution >= 4 is 65.6 Å². The summed E-state index contributed by atoms with van der Waals surface area (Å²) < 4.78 is 10.9. The zero-order valence-electron chi connectivity index (χ0n) is 28.5. The normalized spacial score (nSPS) is 11.8. The molecule has 0 atom stereocenters. The fourth-order valence-electron chi connectivity index (χ4n) is 8.22. The molecule has 3 heterocycles. The molecule has 11 aromatic rings. The van der Waals surface area contributed by atoms with E-state index in [0.717, 1.165) is 33.5 Å². The first kappa shape index (κ1) is 29.5. The Labute approximate surface area is 304 Å². The van der Waals surface area contributed by atoms with Crippen LogP contribution in [-0.2, 0) is 0 Å². The third-order valence-electron chi connectivity index (χ3n) is 10.7. The van der Waals surface area contributed by atoms with Crippen molar-refractivity contribution in [1.29, 1.82) is 0 Å². The van der Waals surface area contributed by atoms with Crippen LogP contribution < -0.4 is 5.43 Å². The molecule has 11 rings (SSSR count). The summed E-state index contributed by atoms with van der Waals surface area (Å²) in [4.78, 5) is 13.1. The number of hydrogen-bond donors (Lipinski definition) is 0. The topological polar surface area (TPSA) is 40.1 Å². The molecule has 0 amide bonds. The summed E-state index contributed by atoms with van der Waals surface area (Å²) in [5, 5.41) is 6.11. The minimum absolute atomic E-state index is 0.00511. The average molecular weight is 679 g/mol. The highest BCUT2D eigenvalue weighted by Crippen LogP contribution is 2.38. The standard InChI is InChI=1S/C49H30N2O2/c52-49-39-14-6-9-17-47(39)53-48-30-34(20-25-40(48)49)31-18-23-36(24-19-31)51-44-16-8-5-13-38(44)42-29-33(22-27-46(42)51)32-21-26-45-41(28-32)37-12-4-7-15-43(37)50(45)35-10-2-1-3-11-35/h1-30H. The molecule has 0 saturated carbocycles. The molecule has 0 radical (unpaired) electrons. The first-order chi connectivity index (χ1) is 26.2. The Balaban J connectivity index is 1.01. The van der Waals surface area contributed by atoms with Gasteiger partial charge in [-0.15, -0.1) is 0 Å². The summed E-state index contributed by atoms with van der Waals surface area (Å²) in [6, 6.07) is 63.5. The molecule has 4 heteroatoms. The van der Waals surface area contributed by atoms with Crippen LogP contribution >= 0.6 is 0 Å². The van der Waals surface area contributed by atoms with Crippen LogP contribution in [0.3, 0.4) is 0 Å². The van der Waals surface area contributed by atoms with Gasteiger partial charge in [0.2, 0.25) is 5.43 Å². The Morgan fingerprint density at radius 3 is 1.42 bits per heavy atom. The van der Waals surface area contributed by atoms with Crippen molar-refractivity contribution in [3.63, 3.8) is 0 Å². The van der Waals surface area contributed by atoms with Gasteiger partial charge in [0.15, 0.2) is 0 Å². The van der Waals surface area contributed by atoms with Crippen molar-refractivity contribution in [3.8, 4) is 33.6 Å². The Morgan fingerprint density at radius 1 is 0.321 bits per heavy atom. The number of hydrogen-bond acceptors (Lipinski definition) is 2. The number of nitrogens with zero attached hydrogens (tertiary/aromatic N) is 2. The van der Waals surface area contributed by atoms with Gasteiger partial charge >= 0.3 is 0 Å². The molecule has 0 fully saturated rings. The maximum Gasteiger partial charge on any atom is 0.200 e. The van der Waals surface area contributed by atoms with E-state index < -0.39 is 0 Å². The van der Waals surface area contributed by atoms with Crippen molar-refractivity contribution in [2.24, 2.45) is 0 Å². The molecular formula is C49H30N2O2. The summed E-state index contributed by atoms with van der Waals surface area (Å²) in [6.45, 7) is 0. The minimum atomic E-state index is -0.00511. The average Bonchev–Trinajstić information content (AvgIpc) is 3.73. The molecule has 0 N–H and O–H groups in total. The molecule has 0 aliphatic carbocycles. The summed E-state index contributed by atoms with van der Waals surface area (Å²) in [6.07, 6.45) is 0. The van der Waals surface area contributed by atoms with Gasteiger partial charge in [0, 0.05) is 32.9 Å². The van der Waals surface area contributed by atoms with Gasteiger partial charge in [-0.1, -0.05) is 97.1 Å². The van der Waals surface area contributed by atoms with Gasteiger partial charge < -0.3 is 13.6 Å². The second-order valence-electron chi connectivity index (χ2n) is 13.7. The molecule has 248 valence electrons. The highest BCUT2D eigenvalue weighted by Gasteiger charge is 2.16. The lowest BCUT2D eigenvalue weighted by atomic mass is 10.0. The number of para-hydroxylation sites is 4. The molecule has 0 bridgehead atoms. The van der Waals surface area contributed by atoms with E-state index in [9.17, 15) is 4.79 Å². The van der Waals surface area contributed by atoms with Crippen LogP contribution in [0.15, 0.2) is 191 Å². The van der Waals surface area contributed by atoms with E-state index in [4.69, 9.17) is 4.42 Å². The van der Waals surface area contributed by atoms with Gasteiger partial charge in [-0.05, 0) is 107 Å². The van der Waals surface area contributed by atoms with Crippen LogP contribution in [-0.4, -0.2) is 9.13 Å². The fraction of sp³-hybridized carbons (Fsp3) is 0. The van der Waals surface area contributed by atoms with Crippen LogP contribution in [0.4, 0.5) is 0 Å². The number of benzene rings is 8. The lowest BCUT2D eigenvalue weighted by Gasteiger charge is -2.10. The molecule has 4 nitrogen and oxygen atoms in total. The van der Waals surface area contributed by atoms with E-state index >= 15 is 0 Å². The molecule has 0 spiro atoms. The SMILES string of the molecule is O=c1c2ccccc2oc2cc(-c3ccc(-n4c5ccccc5c5cc(-c6ccc7c(c6)c6ccccc6n7-c6ccccc6)ccc54)cc3)ccc12. The molecule has 0 aliphatic rings. The van der Waals surface area contributed by atoms with Gasteiger partial charge in [0.05, 0.1) is 32.8 Å². The monoisotopic (exact) mass is 678 g/mol. The molecule has 0 aliphatic heterocycles. The Bertz CT molecular complexity index is 3290. The number of rotatable bonds is 4. The summed E-state index contributed by atoms with van der Waals surface area (Å²) in [7, 11) is 0. The second kappa shape index (κ2) is 11.4. The van der Waals surface area contributed by atoms with Crippen LogP contribution in [0.25, 0.3) is 99.2 Å². The Kier molecular flexibility index (Phi) is 6.37. The van der Waals surface area contributed by atoms with Crippen molar-refractivity contribution in [3.05, 3.63) is 192 Å². The second-order valence-corrected chi connectivity index (χ2v) is 13.7. The van der Waals surface area contributed by atoms with Crippen LogP contribution in [0.1, 0.15) is 0 Å². The smallest absolute Gasteiger partial charge is 0.200 e. The molecule has 53 heavy (non-hydrogen) atoms. The Morgan fingerprint density at radius 2 is 0.774 bits per heavy atom. The summed E-state index contributed by atoms with van der Waals surface area (Å²) >= 11 is 0. The van der Waals surface area contributed by atoms with Crippen molar-refractivity contribution in [2.75, 3.05) is 0 Å². The lowest BCUT2D eigenvalue weighted by Crippen LogP contribution is -2.01. The zero-order chi connectivity index (χ0) is 35.0. The number of fused-ring (bicyclic) bond motifs is 8. The third kappa shape index (κ3) is 4.52. The molecular weight excluding hydrogens is 649 g/mol. The fourth-order valence-corrected chi connectivity index (χ4v) is 8.22. The van der Waals surface area contributed by atoms with Crippen LogP contribution in [0, 0.1) is 0 Å². The minimum Gasteiger partial charge on any atom is -0.456 e. The quantitative estimate of drug-likeness (QED) is 0.174. The maximum absolute atomic E-state index is 13.1. The van der Waals surface area contributed by atoms with E-state index in [1.807, 2.05) is 42.5 Å². The maximum atomic E-state index is 13.1. The van der Waals surface area contributed by atoms with Gasteiger partial charge in [-0.25, -0.2) is 0 Å². The van der Waals surface area contributed by atoms with Crippen LogP contribution in [0.2, 0.25) is 0 Å². The van der Waals surface area contributed by atoms with Gasteiger partial charge in [0.25, 0.3) is 0 Å². The molecule has 0 saturated heterocycles. The highest BCUT2D eigenvalue weighted by molar-refractivity contribution is 6.12.